The molecule has 0 aromatic heterocycles. The molecule has 0 unspecified atom stereocenters. The summed E-state index contributed by atoms with van der Waals surface area (Å²) in [6.45, 7) is -1.41. The molecule has 0 rings (SSSR count). The van der Waals surface area contributed by atoms with Crippen LogP contribution in [-0.4, -0.2) is 25.2 Å². The van der Waals surface area contributed by atoms with Gasteiger partial charge in [0.15, 0.2) is 0 Å². The van der Waals surface area contributed by atoms with E-state index in [-0.39, 0.29) is 18.9 Å². The summed E-state index contributed by atoms with van der Waals surface area (Å²) in [6.07, 6.45) is -4.19. The van der Waals surface area contributed by atoms with E-state index in [0.717, 1.165) is 0 Å². The highest BCUT2D eigenvalue weighted by Gasteiger charge is 2.27. The Bertz CT molecular complexity index is 157. The lowest BCUT2D eigenvalue weighted by Crippen LogP contribution is -2.21. The third-order valence-electron chi connectivity index (χ3n) is 0.934. The summed E-state index contributed by atoms with van der Waals surface area (Å²) in [5.74, 6) is 4.79. The van der Waals surface area contributed by atoms with Crippen molar-refractivity contribution < 1.29 is 17.9 Å². The third kappa shape index (κ3) is 7.13. The molecule has 0 spiro atoms. The van der Waals surface area contributed by atoms with Crippen LogP contribution in [-0.2, 0) is 4.74 Å². The summed E-state index contributed by atoms with van der Waals surface area (Å²) in [6, 6.07) is 0. The molecule has 0 radical (unpaired) electrons. The third-order valence-corrected chi connectivity index (χ3v) is 0.934. The molecule has 72 valence electrons. The molecule has 0 aliphatic heterocycles. The van der Waals surface area contributed by atoms with Gasteiger partial charge in [-0.3, -0.25) is 0 Å². The highest BCUT2D eigenvalue weighted by Crippen LogP contribution is 2.14. The zero-order valence-electron chi connectivity index (χ0n) is 6.27. The maximum absolute atomic E-state index is 11.5. The lowest BCUT2D eigenvalue weighted by Gasteiger charge is -2.06. The molecular formula is C5H10F3N3O. The van der Waals surface area contributed by atoms with Gasteiger partial charge in [-0.05, 0) is 0 Å². The summed E-state index contributed by atoms with van der Waals surface area (Å²) < 4.78 is 38.6. The van der Waals surface area contributed by atoms with Crippen molar-refractivity contribution in [2.45, 2.75) is 12.6 Å². The molecule has 0 aliphatic rings. The van der Waals surface area contributed by atoms with Gasteiger partial charge < -0.3 is 16.3 Å². The van der Waals surface area contributed by atoms with Gasteiger partial charge in [0.2, 0.25) is 0 Å². The Labute approximate surface area is 67.4 Å². The number of ether oxygens (including phenoxy) is 1. The number of rotatable bonds is 4. The van der Waals surface area contributed by atoms with E-state index < -0.39 is 12.8 Å². The zero-order chi connectivity index (χ0) is 9.61. The van der Waals surface area contributed by atoms with Crippen molar-refractivity contribution in [2.24, 2.45) is 16.7 Å². The van der Waals surface area contributed by atoms with Crippen LogP contribution in [0.1, 0.15) is 6.42 Å². The van der Waals surface area contributed by atoms with Crippen LogP contribution in [0.3, 0.4) is 0 Å². The number of hydrazone groups is 1. The lowest BCUT2D eigenvalue weighted by molar-refractivity contribution is -0.173. The van der Waals surface area contributed by atoms with Crippen molar-refractivity contribution in [3.63, 3.8) is 0 Å². The second-order valence-corrected chi connectivity index (χ2v) is 2.04. The minimum atomic E-state index is -4.30. The number of halogens is 3. The van der Waals surface area contributed by atoms with Gasteiger partial charge in [0.25, 0.3) is 0 Å². The highest BCUT2D eigenvalue weighted by atomic mass is 19.4. The largest absolute Gasteiger partial charge is 0.411 e. The predicted molar refractivity (Wildman–Crippen MR) is 37.3 cm³/mol. The van der Waals surface area contributed by atoms with Crippen molar-refractivity contribution in [1.29, 1.82) is 0 Å². The fourth-order valence-corrected chi connectivity index (χ4v) is 0.429. The van der Waals surface area contributed by atoms with E-state index in [4.69, 9.17) is 11.6 Å². The molecule has 4 nitrogen and oxygen atoms in total. The van der Waals surface area contributed by atoms with Crippen LogP contribution >= 0.6 is 0 Å². The van der Waals surface area contributed by atoms with Gasteiger partial charge in [0, 0.05) is 6.42 Å². The van der Waals surface area contributed by atoms with Crippen LogP contribution in [0, 0.1) is 0 Å². The molecule has 0 atom stereocenters. The molecular weight excluding hydrogens is 175 g/mol. The van der Waals surface area contributed by atoms with Crippen LogP contribution in [0.4, 0.5) is 13.2 Å². The summed E-state index contributed by atoms with van der Waals surface area (Å²) >= 11 is 0. The summed E-state index contributed by atoms with van der Waals surface area (Å²) in [7, 11) is 0. The second-order valence-electron chi connectivity index (χ2n) is 2.04. The summed E-state index contributed by atoms with van der Waals surface area (Å²) in [5, 5.41) is 3.06. The van der Waals surface area contributed by atoms with Gasteiger partial charge in [-0.15, -0.1) is 0 Å². The maximum atomic E-state index is 11.5. The molecule has 0 aromatic carbocycles. The van der Waals surface area contributed by atoms with Gasteiger partial charge in [0.1, 0.15) is 12.4 Å². The second kappa shape index (κ2) is 4.81. The molecule has 0 amide bonds. The van der Waals surface area contributed by atoms with Crippen molar-refractivity contribution >= 4 is 5.84 Å². The van der Waals surface area contributed by atoms with Gasteiger partial charge in [-0.25, -0.2) is 0 Å². The SMILES string of the molecule is NN=C(N)CCOCC(F)(F)F. The summed E-state index contributed by atoms with van der Waals surface area (Å²) in [5.41, 5.74) is 5.09. The normalized spacial score (nSPS) is 13.4. The quantitative estimate of drug-likeness (QED) is 0.216. The van der Waals surface area contributed by atoms with Gasteiger partial charge in [-0.2, -0.15) is 18.3 Å². The molecule has 7 heteroatoms. The van der Waals surface area contributed by atoms with Gasteiger partial charge in [-0.1, -0.05) is 0 Å². The number of alkyl halides is 3. The Morgan fingerprint density at radius 3 is 2.42 bits per heavy atom. The Morgan fingerprint density at radius 2 is 2.00 bits per heavy atom. The van der Waals surface area contributed by atoms with Crippen LogP contribution in [0.2, 0.25) is 0 Å². The van der Waals surface area contributed by atoms with Crippen molar-refractivity contribution in [3.8, 4) is 0 Å². The first-order chi connectivity index (χ1) is 5.45. The lowest BCUT2D eigenvalue weighted by atomic mass is 10.4. The van der Waals surface area contributed by atoms with Crippen molar-refractivity contribution in [3.05, 3.63) is 0 Å². The topological polar surface area (TPSA) is 73.6 Å². The van der Waals surface area contributed by atoms with Crippen LogP contribution < -0.4 is 11.6 Å². The molecule has 0 fully saturated rings. The number of hydrogen-bond donors (Lipinski definition) is 2. The van der Waals surface area contributed by atoms with E-state index in [1.54, 1.807) is 0 Å². The van der Waals surface area contributed by atoms with Gasteiger partial charge >= 0.3 is 6.18 Å². The first-order valence-corrected chi connectivity index (χ1v) is 3.12. The van der Waals surface area contributed by atoms with E-state index in [0.29, 0.717) is 0 Å². The van der Waals surface area contributed by atoms with E-state index in [1.807, 2.05) is 0 Å². The summed E-state index contributed by atoms with van der Waals surface area (Å²) in [4.78, 5) is 0. The van der Waals surface area contributed by atoms with Crippen LogP contribution in [0.15, 0.2) is 5.10 Å². The highest BCUT2D eigenvalue weighted by molar-refractivity contribution is 5.79. The predicted octanol–water partition coefficient (Wildman–Crippen LogP) is 0.186. The molecule has 4 N–H and O–H groups in total. The minimum Gasteiger partial charge on any atom is -0.386 e. The molecule has 0 bridgehead atoms. The number of nitrogens with two attached hydrogens (primary N) is 2. The number of amidine groups is 1. The Morgan fingerprint density at radius 1 is 1.42 bits per heavy atom. The fourth-order valence-electron chi connectivity index (χ4n) is 0.429. The average Bonchev–Trinajstić information content (AvgIpc) is 1.96. The first kappa shape index (κ1) is 11.0. The maximum Gasteiger partial charge on any atom is 0.411 e. The van der Waals surface area contributed by atoms with E-state index >= 15 is 0 Å². The molecule has 0 aromatic rings. The molecule has 0 saturated heterocycles. The molecule has 0 aliphatic carbocycles. The van der Waals surface area contributed by atoms with Gasteiger partial charge in [0.05, 0.1) is 6.61 Å². The average molecular weight is 185 g/mol. The van der Waals surface area contributed by atoms with Crippen LogP contribution in [0.25, 0.3) is 0 Å². The monoisotopic (exact) mass is 185 g/mol. The van der Waals surface area contributed by atoms with Crippen LogP contribution in [0.5, 0.6) is 0 Å². The Hall–Kier alpha value is -0.980. The standard InChI is InChI=1S/C5H10F3N3O/c6-5(7,8)3-12-2-1-4(9)11-10/h1-3,10H2,(H2,9,11). The Balaban J connectivity index is 3.34. The van der Waals surface area contributed by atoms with E-state index in [1.165, 1.54) is 0 Å². The van der Waals surface area contributed by atoms with E-state index in [2.05, 4.69) is 9.84 Å². The fraction of sp³-hybridized carbons (Fsp3) is 0.800. The number of hydrogen-bond acceptors (Lipinski definition) is 3. The van der Waals surface area contributed by atoms with E-state index in [9.17, 15) is 13.2 Å². The molecule has 0 saturated carbocycles. The zero-order valence-corrected chi connectivity index (χ0v) is 6.27. The smallest absolute Gasteiger partial charge is 0.386 e. The Kier molecular flexibility index (Phi) is 4.42. The molecule has 0 heterocycles. The van der Waals surface area contributed by atoms with Crippen molar-refractivity contribution in [2.75, 3.05) is 13.2 Å². The molecule has 12 heavy (non-hydrogen) atoms. The minimum absolute atomic E-state index is 0.0668. The number of nitrogens with zero attached hydrogens (tertiary/aromatic N) is 1. The van der Waals surface area contributed by atoms with Crippen molar-refractivity contribution in [1.82, 2.24) is 0 Å². The first-order valence-electron chi connectivity index (χ1n) is 3.12.